The van der Waals surface area contributed by atoms with Gasteiger partial charge < -0.3 is 10.8 Å². The summed E-state index contributed by atoms with van der Waals surface area (Å²) in [6, 6.07) is 9.86. The van der Waals surface area contributed by atoms with Gasteiger partial charge in [-0.1, -0.05) is 35.5 Å². The van der Waals surface area contributed by atoms with E-state index >= 15 is 0 Å². The van der Waals surface area contributed by atoms with Crippen LogP contribution in [0.25, 0.3) is 0 Å². The van der Waals surface area contributed by atoms with Gasteiger partial charge in [0.05, 0.1) is 11.8 Å². The van der Waals surface area contributed by atoms with E-state index in [9.17, 15) is 5.11 Å². The maximum Gasteiger partial charge on any atom is 0.0837 e. The summed E-state index contributed by atoms with van der Waals surface area (Å²) in [6.45, 7) is 2.13. The van der Waals surface area contributed by atoms with Crippen LogP contribution in [0, 0.1) is 0 Å². The summed E-state index contributed by atoms with van der Waals surface area (Å²) in [5.74, 6) is 0. The average Bonchev–Trinajstić information content (AvgIpc) is 2.82. The number of nitrogens with two attached hydrogens (primary N) is 1. The predicted molar refractivity (Wildman–Crippen MR) is 73.6 cm³/mol. The SMILES string of the molecule is CC(O)C(CN)(Cc1cn(C)nn1)c1ccccc1. The van der Waals surface area contributed by atoms with Gasteiger partial charge in [-0.25, -0.2) is 0 Å². The number of aliphatic hydroxyl groups is 1. The second kappa shape index (κ2) is 5.50. The lowest BCUT2D eigenvalue weighted by molar-refractivity contribution is 0.0994. The fraction of sp³-hybridized carbons (Fsp3) is 0.429. The van der Waals surface area contributed by atoms with Crippen molar-refractivity contribution >= 4 is 0 Å². The van der Waals surface area contributed by atoms with Gasteiger partial charge in [0.25, 0.3) is 0 Å². The first-order valence-corrected chi connectivity index (χ1v) is 6.37. The van der Waals surface area contributed by atoms with Crippen molar-refractivity contribution in [3.05, 3.63) is 47.8 Å². The third kappa shape index (κ3) is 2.67. The Hall–Kier alpha value is -1.72. The molecule has 0 amide bonds. The monoisotopic (exact) mass is 260 g/mol. The Bertz CT molecular complexity index is 523. The Morgan fingerprint density at radius 1 is 1.37 bits per heavy atom. The smallest absolute Gasteiger partial charge is 0.0837 e. The molecule has 0 bridgehead atoms. The van der Waals surface area contributed by atoms with Gasteiger partial charge in [-0.3, -0.25) is 4.68 Å². The van der Waals surface area contributed by atoms with Gasteiger partial charge in [0.2, 0.25) is 0 Å². The number of aryl methyl sites for hydroxylation is 1. The Labute approximate surface area is 113 Å². The zero-order valence-corrected chi connectivity index (χ0v) is 11.3. The van der Waals surface area contributed by atoms with Crippen LogP contribution >= 0.6 is 0 Å². The van der Waals surface area contributed by atoms with Crippen molar-refractivity contribution < 1.29 is 5.11 Å². The summed E-state index contributed by atoms with van der Waals surface area (Å²) in [5, 5.41) is 18.3. The normalized spacial score (nSPS) is 16.0. The van der Waals surface area contributed by atoms with Gasteiger partial charge in [0, 0.05) is 31.6 Å². The van der Waals surface area contributed by atoms with Crippen LogP contribution in [0.2, 0.25) is 0 Å². The topological polar surface area (TPSA) is 77.0 Å². The standard InChI is InChI=1S/C14H20N4O/c1-11(19)14(10-15,12-6-4-3-5-7-12)8-13-9-18(2)17-16-13/h3-7,9,11,19H,8,10,15H2,1-2H3. The number of rotatable bonds is 5. The molecule has 0 aliphatic carbocycles. The summed E-state index contributed by atoms with van der Waals surface area (Å²) in [4.78, 5) is 0. The van der Waals surface area contributed by atoms with Crippen molar-refractivity contribution in [2.45, 2.75) is 24.9 Å². The van der Waals surface area contributed by atoms with E-state index in [1.807, 2.05) is 43.6 Å². The zero-order chi connectivity index (χ0) is 13.9. The van der Waals surface area contributed by atoms with Crippen LogP contribution in [0.4, 0.5) is 0 Å². The Morgan fingerprint density at radius 2 is 2.05 bits per heavy atom. The molecule has 2 unspecified atom stereocenters. The van der Waals surface area contributed by atoms with E-state index < -0.39 is 11.5 Å². The minimum Gasteiger partial charge on any atom is -0.392 e. The maximum atomic E-state index is 10.2. The van der Waals surface area contributed by atoms with E-state index in [-0.39, 0.29) is 0 Å². The highest BCUT2D eigenvalue weighted by Crippen LogP contribution is 2.30. The molecule has 1 aromatic heterocycles. The van der Waals surface area contributed by atoms with Crippen molar-refractivity contribution in [2.75, 3.05) is 6.54 Å². The van der Waals surface area contributed by atoms with Crippen LogP contribution in [0.3, 0.4) is 0 Å². The van der Waals surface area contributed by atoms with Crippen molar-refractivity contribution in [3.63, 3.8) is 0 Å². The molecule has 0 aliphatic rings. The van der Waals surface area contributed by atoms with Crippen LogP contribution in [-0.4, -0.2) is 32.7 Å². The second-order valence-corrected chi connectivity index (χ2v) is 4.96. The van der Waals surface area contributed by atoms with E-state index in [4.69, 9.17) is 5.73 Å². The van der Waals surface area contributed by atoms with Crippen molar-refractivity contribution in [1.29, 1.82) is 0 Å². The first-order chi connectivity index (χ1) is 9.08. The number of hydrogen-bond donors (Lipinski definition) is 2. The number of aliphatic hydroxyl groups excluding tert-OH is 1. The molecule has 19 heavy (non-hydrogen) atoms. The molecule has 0 fully saturated rings. The zero-order valence-electron chi connectivity index (χ0n) is 11.3. The lowest BCUT2D eigenvalue weighted by atomic mass is 9.73. The molecule has 5 heteroatoms. The van der Waals surface area contributed by atoms with Gasteiger partial charge in [0.1, 0.15) is 0 Å². The molecule has 5 nitrogen and oxygen atoms in total. The molecule has 1 aromatic carbocycles. The summed E-state index contributed by atoms with van der Waals surface area (Å²) in [7, 11) is 1.82. The Morgan fingerprint density at radius 3 is 2.53 bits per heavy atom. The van der Waals surface area contributed by atoms with Crippen LogP contribution in [-0.2, 0) is 18.9 Å². The largest absolute Gasteiger partial charge is 0.392 e. The third-order valence-corrected chi connectivity index (χ3v) is 3.66. The van der Waals surface area contributed by atoms with Gasteiger partial charge in [-0.2, -0.15) is 0 Å². The average molecular weight is 260 g/mol. The lowest BCUT2D eigenvalue weighted by Crippen LogP contribution is -2.46. The van der Waals surface area contributed by atoms with Crippen LogP contribution < -0.4 is 5.73 Å². The fourth-order valence-electron chi connectivity index (χ4n) is 2.42. The lowest BCUT2D eigenvalue weighted by Gasteiger charge is -2.35. The summed E-state index contributed by atoms with van der Waals surface area (Å²) >= 11 is 0. The fourth-order valence-corrected chi connectivity index (χ4v) is 2.42. The van der Waals surface area contributed by atoms with Gasteiger partial charge in [0.15, 0.2) is 0 Å². The van der Waals surface area contributed by atoms with Crippen LogP contribution in [0.5, 0.6) is 0 Å². The molecule has 2 aromatic rings. The molecule has 0 aliphatic heterocycles. The molecule has 2 rings (SSSR count). The maximum absolute atomic E-state index is 10.2. The Balaban J connectivity index is 2.40. The molecule has 2 atom stereocenters. The minimum absolute atomic E-state index is 0.352. The van der Waals surface area contributed by atoms with E-state index in [1.165, 1.54) is 0 Å². The van der Waals surface area contributed by atoms with Gasteiger partial charge >= 0.3 is 0 Å². The van der Waals surface area contributed by atoms with E-state index in [0.29, 0.717) is 13.0 Å². The quantitative estimate of drug-likeness (QED) is 0.827. The molecule has 0 saturated heterocycles. The molecule has 0 radical (unpaired) electrons. The van der Waals surface area contributed by atoms with E-state index in [0.717, 1.165) is 11.3 Å². The second-order valence-electron chi connectivity index (χ2n) is 4.96. The summed E-state index contributed by atoms with van der Waals surface area (Å²) in [5.41, 5.74) is 7.31. The molecular formula is C14H20N4O. The number of hydrogen-bond acceptors (Lipinski definition) is 4. The first kappa shape index (κ1) is 13.7. The highest BCUT2D eigenvalue weighted by molar-refractivity contribution is 5.29. The molecular weight excluding hydrogens is 240 g/mol. The number of aromatic nitrogens is 3. The van der Waals surface area contributed by atoms with Crippen molar-refractivity contribution in [2.24, 2.45) is 12.8 Å². The molecule has 102 valence electrons. The third-order valence-electron chi connectivity index (χ3n) is 3.66. The van der Waals surface area contributed by atoms with E-state index in [1.54, 1.807) is 11.6 Å². The highest BCUT2D eigenvalue weighted by atomic mass is 16.3. The molecule has 0 spiro atoms. The predicted octanol–water partition coefficient (Wildman–Crippen LogP) is 0.635. The molecule has 0 saturated carbocycles. The van der Waals surface area contributed by atoms with E-state index in [2.05, 4.69) is 10.3 Å². The minimum atomic E-state index is -0.568. The van der Waals surface area contributed by atoms with Gasteiger partial charge in [-0.15, -0.1) is 5.10 Å². The summed E-state index contributed by atoms with van der Waals surface area (Å²) < 4.78 is 1.66. The van der Waals surface area contributed by atoms with Crippen LogP contribution in [0.15, 0.2) is 36.5 Å². The molecule has 3 N–H and O–H groups in total. The number of nitrogens with zero attached hydrogens (tertiary/aromatic N) is 3. The number of benzene rings is 1. The van der Waals surface area contributed by atoms with Crippen molar-refractivity contribution in [1.82, 2.24) is 15.0 Å². The van der Waals surface area contributed by atoms with Crippen LogP contribution in [0.1, 0.15) is 18.2 Å². The van der Waals surface area contributed by atoms with Gasteiger partial charge in [-0.05, 0) is 12.5 Å². The van der Waals surface area contributed by atoms with Crippen molar-refractivity contribution in [3.8, 4) is 0 Å². The molecule has 1 heterocycles. The Kier molecular flexibility index (Phi) is 3.97. The first-order valence-electron chi connectivity index (χ1n) is 6.37. The highest BCUT2D eigenvalue weighted by Gasteiger charge is 2.37. The summed E-state index contributed by atoms with van der Waals surface area (Å²) in [6.07, 6.45) is 1.86.